The van der Waals surface area contributed by atoms with Crippen molar-refractivity contribution >= 4 is 35.0 Å². The van der Waals surface area contributed by atoms with E-state index in [1.54, 1.807) is 26.2 Å². The molecular weight excluding hydrogens is 459 g/mol. The number of amides is 3. The molecule has 0 bridgehead atoms. The normalized spacial score (nSPS) is 14.7. The third-order valence-corrected chi connectivity index (χ3v) is 5.80. The number of nitrogens with one attached hydrogen (secondary N) is 1. The van der Waals surface area contributed by atoms with Crippen molar-refractivity contribution in [3.63, 3.8) is 0 Å². The summed E-state index contributed by atoms with van der Waals surface area (Å²) >= 11 is 6.18. The maximum absolute atomic E-state index is 12.7. The number of anilines is 1. The molecule has 1 aliphatic heterocycles. The van der Waals surface area contributed by atoms with E-state index in [2.05, 4.69) is 5.32 Å². The first-order valence-corrected chi connectivity index (χ1v) is 10.6. The summed E-state index contributed by atoms with van der Waals surface area (Å²) in [5, 5.41) is 3.01. The van der Waals surface area contributed by atoms with Gasteiger partial charge in [0.25, 0.3) is 11.8 Å². The Morgan fingerprint density at radius 3 is 2.15 bits per heavy atom. The number of nitrogens with zero attached hydrogens (tertiary/aromatic N) is 2. The minimum Gasteiger partial charge on any atom is -0.345 e. The van der Waals surface area contributed by atoms with Gasteiger partial charge in [-0.25, -0.2) is 0 Å². The van der Waals surface area contributed by atoms with Crippen LogP contribution in [0.25, 0.3) is 0 Å². The molecule has 176 valence electrons. The first kappa shape index (κ1) is 24.6. The molecule has 6 nitrogen and oxygen atoms in total. The second kappa shape index (κ2) is 9.82. The minimum atomic E-state index is -4.46. The Morgan fingerprint density at radius 1 is 1.03 bits per heavy atom. The molecule has 33 heavy (non-hydrogen) atoms. The highest BCUT2D eigenvalue weighted by molar-refractivity contribution is 6.34. The number of carbonyl (C=O) groups excluding carboxylic acids is 3. The molecular formula is C23H23ClF3N3O3. The van der Waals surface area contributed by atoms with Gasteiger partial charge in [0.2, 0.25) is 5.91 Å². The zero-order chi connectivity index (χ0) is 24.3. The van der Waals surface area contributed by atoms with Gasteiger partial charge in [-0.15, -0.1) is 0 Å². The maximum atomic E-state index is 12.7. The van der Waals surface area contributed by atoms with Gasteiger partial charge in [-0.05, 0) is 55.3 Å². The van der Waals surface area contributed by atoms with Crippen LogP contribution in [0, 0.1) is 5.92 Å². The van der Waals surface area contributed by atoms with Crippen molar-refractivity contribution in [1.29, 1.82) is 0 Å². The van der Waals surface area contributed by atoms with Gasteiger partial charge in [-0.1, -0.05) is 11.6 Å². The Hall–Kier alpha value is -3.07. The second-order valence-corrected chi connectivity index (χ2v) is 8.43. The van der Waals surface area contributed by atoms with Gasteiger partial charge in [-0.2, -0.15) is 13.2 Å². The minimum absolute atomic E-state index is 0.174. The maximum Gasteiger partial charge on any atom is 0.416 e. The molecule has 1 heterocycles. The topological polar surface area (TPSA) is 69.7 Å². The van der Waals surface area contributed by atoms with E-state index in [0.29, 0.717) is 37.2 Å². The lowest BCUT2D eigenvalue weighted by Gasteiger charge is -2.31. The summed E-state index contributed by atoms with van der Waals surface area (Å²) in [7, 11) is 3.23. The lowest BCUT2D eigenvalue weighted by Crippen LogP contribution is -2.41. The summed E-state index contributed by atoms with van der Waals surface area (Å²) in [6.07, 6.45) is -3.62. The van der Waals surface area contributed by atoms with Gasteiger partial charge < -0.3 is 15.1 Å². The summed E-state index contributed by atoms with van der Waals surface area (Å²) < 4.78 is 38.1. The molecule has 1 saturated heterocycles. The fourth-order valence-electron chi connectivity index (χ4n) is 3.58. The molecule has 0 aromatic heterocycles. The number of benzene rings is 2. The van der Waals surface area contributed by atoms with Crippen LogP contribution in [0.5, 0.6) is 0 Å². The quantitative estimate of drug-likeness (QED) is 0.696. The highest BCUT2D eigenvalue weighted by Crippen LogP contribution is 2.30. The Kier molecular flexibility index (Phi) is 7.31. The molecule has 0 spiro atoms. The number of likely N-dealkylation sites (tertiary alicyclic amines) is 1. The molecule has 0 radical (unpaired) electrons. The van der Waals surface area contributed by atoms with Gasteiger partial charge >= 0.3 is 6.18 Å². The van der Waals surface area contributed by atoms with Crippen LogP contribution in [0.1, 0.15) is 39.1 Å². The zero-order valence-electron chi connectivity index (χ0n) is 18.1. The Morgan fingerprint density at radius 2 is 1.64 bits per heavy atom. The van der Waals surface area contributed by atoms with E-state index >= 15 is 0 Å². The van der Waals surface area contributed by atoms with Crippen molar-refractivity contribution in [1.82, 2.24) is 9.80 Å². The Labute approximate surface area is 194 Å². The van der Waals surface area contributed by atoms with Crippen LogP contribution in [0.3, 0.4) is 0 Å². The summed E-state index contributed by atoms with van der Waals surface area (Å²) in [5.74, 6) is -1.17. The number of carbonyl (C=O) groups is 3. The molecule has 2 aromatic carbocycles. The molecule has 0 saturated carbocycles. The van der Waals surface area contributed by atoms with E-state index in [-0.39, 0.29) is 34.2 Å². The lowest BCUT2D eigenvalue weighted by molar-refractivity contribution is -0.137. The average Bonchev–Trinajstić information content (AvgIpc) is 2.78. The number of piperidine rings is 1. The van der Waals surface area contributed by atoms with Crippen LogP contribution < -0.4 is 5.32 Å². The molecule has 1 aliphatic rings. The van der Waals surface area contributed by atoms with Crippen molar-refractivity contribution in [2.24, 2.45) is 5.92 Å². The monoisotopic (exact) mass is 481 g/mol. The van der Waals surface area contributed by atoms with Crippen LogP contribution in [0.4, 0.5) is 18.9 Å². The van der Waals surface area contributed by atoms with Crippen LogP contribution in [-0.4, -0.2) is 54.7 Å². The van der Waals surface area contributed by atoms with Gasteiger partial charge in [0.1, 0.15) is 0 Å². The Bertz CT molecular complexity index is 1050. The predicted octanol–water partition coefficient (Wildman–Crippen LogP) is 4.55. The van der Waals surface area contributed by atoms with Gasteiger partial charge in [0.05, 0.1) is 16.1 Å². The third kappa shape index (κ3) is 5.84. The molecule has 1 N–H and O–H groups in total. The van der Waals surface area contributed by atoms with E-state index in [4.69, 9.17) is 11.6 Å². The first-order chi connectivity index (χ1) is 15.5. The molecule has 3 amide bonds. The smallest absolute Gasteiger partial charge is 0.345 e. The van der Waals surface area contributed by atoms with Crippen LogP contribution in [0.15, 0.2) is 42.5 Å². The zero-order valence-corrected chi connectivity index (χ0v) is 18.8. The van der Waals surface area contributed by atoms with E-state index < -0.39 is 11.7 Å². The number of alkyl halides is 3. The van der Waals surface area contributed by atoms with E-state index in [1.165, 1.54) is 28.0 Å². The summed E-state index contributed by atoms with van der Waals surface area (Å²) in [5.41, 5.74) is 0.153. The molecule has 0 unspecified atom stereocenters. The van der Waals surface area contributed by atoms with Crippen molar-refractivity contribution < 1.29 is 27.6 Å². The largest absolute Gasteiger partial charge is 0.416 e. The SMILES string of the molecule is CN(C)C(=O)c1ccc(NC(=O)C2CCN(C(=O)c3ccc(C(F)(F)F)cc3)CC2)cc1Cl. The van der Waals surface area contributed by atoms with Crippen molar-refractivity contribution in [2.45, 2.75) is 19.0 Å². The highest BCUT2D eigenvalue weighted by atomic mass is 35.5. The van der Waals surface area contributed by atoms with Crippen LogP contribution >= 0.6 is 11.6 Å². The molecule has 0 aliphatic carbocycles. The predicted molar refractivity (Wildman–Crippen MR) is 118 cm³/mol. The molecule has 3 rings (SSSR count). The van der Waals surface area contributed by atoms with Gasteiger partial charge in [0.15, 0.2) is 0 Å². The van der Waals surface area contributed by atoms with Crippen molar-refractivity contribution in [3.05, 3.63) is 64.2 Å². The van der Waals surface area contributed by atoms with Crippen LogP contribution in [-0.2, 0) is 11.0 Å². The van der Waals surface area contributed by atoms with Gasteiger partial charge in [-0.3, -0.25) is 14.4 Å². The number of hydrogen-bond donors (Lipinski definition) is 1. The molecule has 2 aromatic rings. The highest BCUT2D eigenvalue weighted by Gasteiger charge is 2.31. The first-order valence-electron chi connectivity index (χ1n) is 10.3. The standard InChI is InChI=1S/C23H23ClF3N3O3/c1-29(2)22(33)18-8-7-17(13-19(18)24)28-20(31)14-9-11-30(12-10-14)21(32)15-3-5-16(6-4-15)23(25,26)27/h3-8,13-14H,9-12H2,1-2H3,(H,28,31). The summed E-state index contributed by atoms with van der Waals surface area (Å²) in [6, 6.07) is 8.76. The summed E-state index contributed by atoms with van der Waals surface area (Å²) in [6.45, 7) is 0.629. The van der Waals surface area contributed by atoms with Crippen molar-refractivity contribution in [2.75, 3.05) is 32.5 Å². The number of rotatable bonds is 4. The Balaban J connectivity index is 1.56. The summed E-state index contributed by atoms with van der Waals surface area (Å²) in [4.78, 5) is 40.2. The molecule has 10 heteroatoms. The van der Waals surface area contributed by atoms with Crippen LogP contribution in [0.2, 0.25) is 5.02 Å². The lowest BCUT2D eigenvalue weighted by atomic mass is 9.95. The number of halogens is 4. The average molecular weight is 482 g/mol. The fraction of sp³-hybridized carbons (Fsp3) is 0.348. The van der Waals surface area contributed by atoms with E-state index in [9.17, 15) is 27.6 Å². The molecule has 0 atom stereocenters. The fourth-order valence-corrected chi connectivity index (χ4v) is 3.84. The second-order valence-electron chi connectivity index (χ2n) is 8.03. The van der Waals surface area contributed by atoms with Gasteiger partial charge in [0, 0.05) is 44.4 Å². The third-order valence-electron chi connectivity index (χ3n) is 5.49. The van der Waals surface area contributed by atoms with E-state index in [0.717, 1.165) is 12.1 Å². The molecule has 1 fully saturated rings. The number of hydrogen-bond acceptors (Lipinski definition) is 3. The van der Waals surface area contributed by atoms with Crippen molar-refractivity contribution in [3.8, 4) is 0 Å². The van der Waals surface area contributed by atoms with E-state index in [1.807, 2.05) is 0 Å².